The second-order valence-electron chi connectivity index (χ2n) is 4.55. The fraction of sp³-hybridized carbons (Fsp3) is 0.364. The molecule has 0 aliphatic carbocycles. The Morgan fingerprint density at radius 3 is 1.79 bits per heavy atom. The van der Waals surface area contributed by atoms with Gasteiger partial charge in [-0.15, -0.1) is 0 Å². The fourth-order valence-corrected chi connectivity index (χ4v) is 1.32. The van der Waals surface area contributed by atoms with Gasteiger partial charge in [0.05, 0.1) is 5.56 Å². The molecule has 0 saturated carbocycles. The fourth-order valence-electron chi connectivity index (χ4n) is 1.32. The van der Waals surface area contributed by atoms with Crippen LogP contribution in [0.3, 0.4) is 0 Å². The minimum atomic E-state index is -5.39. The predicted octanol–water partition coefficient (Wildman–Crippen LogP) is -0.523. The van der Waals surface area contributed by atoms with Crippen molar-refractivity contribution < 1.29 is 29.1 Å². The Morgan fingerprint density at radius 2 is 1.53 bits per heavy atom. The van der Waals surface area contributed by atoms with Crippen molar-refractivity contribution in [3.8, 4) is 0 Å². The standard InChI is InChI=1S/C11H14O2.Al.H3O4P/c1-11(2,3)9-7-5-4-6-8(9)10(12)13;;1-5(2,3)4/h4-7H,1-3H3,(H,12,13);;(H3,1,2,3,4)/q;+3;/p-3. The summed E-state index contributed by atoms with van der Waals surface area (Å²) in [6, 6.07) is 7.12. The van der Waals surface area contributed by atoms with Crippen molar-refractivity contribution in [3.05, 3.63) is 35.4 Å². The number of carbonyl (C=O) groups is 1. The van der Waals surface area contributed by atoms with Crippen molar-refractivity contribution in [1.82, 2.24) is 0 Å². The summed E-state index contributed by atoms with van der Waals surface area (Å²) in [7, 11) is -5.39. The molecule has 6 nitrogen and oxygen atoms in total. The summed E-state index contributed by atoms with van der Waals surface area (Å²) in [6.45, 7) is 6.03. The van der Waals surface area contributed by atoms with Crippen LogP contribution in [0.15, 0.2) is 24.3 Å². The number of rotatable bonds is 1. The third-order valence-corrected chi connectivity index (χ3v) is 1.97. The van der Waals surface area contributed by atoms with Crippen molar-refractivity contribution in [2.45, 2.75) is 26.2 Å². The SMILES string of the molecule is CC(C)(C)c1ccccc1C(=O)O.O=P([O-])([O-])[O-].[Al+3]. The predicted molar refractivity (Wildman–Crippen MR) is 65.5 cm³/mol. The van der Waals surface area contributed by atoms with E-state index < -0.39 is 13.8 Å². The summed E-state index contributed by atoms with van der Waals surface area (Å²) >= 11 is 0. The number of carboxylic acids is 1. The van der Waals surface area contributed by atoms with Crippen LogP contribution in [0.1, 0.15) is 36.7 Å². The third-order valence-electron chi connectivity index (χ3n) is 1.97. The Hall–Kier alpha value is -0.668. The second-order valence-corrected chi connectivity index (χ2v) is 5.44. The minimum Gasteiger partial charge on any atom is -0.822 e. The van der Waals surface area contributed by atoms with Gasteiger partial charge in [-0.3, -0.25) is 0 Å². The van der Waals surface area contributed by atoms with Gasteiger partial charge in [0.25, 0.3) is 0 Å². The Labute approximate surface area is 122 Å². The molecular formula is C11H14AlO6P. The van der Waals surface area contributed by atoms with Gasteiger partial charge in [0.1, 0.15) is 0 Å². The van der Waals surface area contributed by atoms with Gasteiger partial charge < -0.3 is 24.4 Å². The molecule has 0 fully saturated rings. The summed E-state index contributed by atoms with van der Waals surface area (Å²) in [5, 5.41) is 8.93. The van der Waals surface area contributed by atoms with Crippen LogP contribution in [0.25, 0.3) is 0 Å². The van der Waals surface area contributed by atoms with E-state index in [4.69, 9.17) is 24.4 Å². The van der Waals surface area contributed by atoms with Crippen molar-refractivity contribution >= 4 is 31.2 Å². The first-order chi connectivity index (χ1) is 7.93. The maximum absolute atomic E-state index is 10.9. The normalized spacial score (nSPS) is 10.8. The number of benzene rings is 1. The summed E-state index contributed by atoms with van der Waals surface area (Å²) in [5.41, 5.74) is 1.16. The van der Waals surface area contributed by atoms with Crippen LogP contribution in [0, 0.1) is 0 Å². The average Bonchev–Trinajstić information content (AvgIpc) is 2.13. The van der Waals surface area contributed by atoms with Gasteiger partial charge in [-0.1, -0.05) is 39.0 Å². The van der Waals surface area contributed by atoms with E-state index in [1.165, 1.54) is 0 Å². The first kappa shape index (κ1) is 20.6. The van der Waals surface area contributed by atoms with Crippen LogP contribution in [-0.2, 0) is 9.98 Å². The zero-order chi connectivity index (χ0) is 14.6. The third kappa shape index (κ3) is 9.86. The van der Waals surface area contributed by atoms with Gasteiger partial charge in [0, 0.05) is 0 Å². The molecule has 1 aromatic rings. The monoisotopic (exact) mass is 300 g/mol. The van der Waals surface area contributed by atoms with Gasteiger partial charge in [0.15, 0.2) is 0 Å². The topological polar surface area (TPSA) is 124 Å². The van der Waals surface area contributed by atoms with E-state index in [0.29, 0.717) is 5.56 Å². The van der Waals surface area contributed by atoms with Crippen LogP contribution in [-0.4, -0.2) is 28.4 Å². The maximum atomic E-state index is 10.9. The maximum Gasteiger partial charge on any atom is 3.00 e. The Kier molecular flexibility index (Phi) is 8.49. The molecule has 1 N–H and O–H groups in total. The molecule has 0 saturated heterocycles. The van der Waals surface area contributed by atoms with E-state index in [1.807, 2.05) is 32.9 Å². The number of aromatic carboxylic acids is 1. The van der Waals surface area contributed by atoms with Gasteiger partial charge in [-0.25, -0.2) is 4.79 Å². The molecule has 1 aromatic carbocycles. The molecule has 102 valence electrons. The van der Waals surface area contributed by atoms with Gasteiger partial charge in [0.2, 0.25) is 0 Å². The minimum absolute atomic E-state index is 0. The number of hydrogen-bond acceptors (Lipinski definition) is 5. The molecule has 0 amide bonds. The second kappa shape index (κ2) is 7.81. The van der Waals surface area contributed by atoms with Gasteiger partial charge >= 0.3 is 23.3 Å². The molecule has 0 spiro atoms. The Balaban J connectivity index is 0. The van der Waals surface area contributed by atoms with Crippen molar-refractivity contribution in [2.75, 3.05) is 0 Å². The average molecular weight is 300 g/mol. The van der Waals surface area contributed by atoms with Crippen molar-refractivity contribution in [2.24, 2.45) is 0 Å². The molecule has 0 heterocycles. The molecule has 0 radical (unpaired) electrons. The molecule has 8 heteroatoms. The quantitative estimate of drug-likeness (QED) is 0.549. The van der Waals surface area contributed by atoms with Crippen LogP contribution in [0.4, 0.5) is 0 Å². The van der Waals surface area contributed by atoms with E-state index in [0.717, 1.165) is 5.56 Å². The largest absolute Gasteiger partial charge is 3.00 e. The Morgan fingerprint density at radius 1 is 1.16 bits per heavy atom. The Bertz CT molecular complexity index is 454. The van der Waals surface area contributed by atoms with E-state index in [1.54, 1.807) is 12.1 Å². The molecule has 0 aromatic heterocycles. The molecule has 0 unspecified atom stereocenters. The van der Waals surface area contributed by atoms with E-state index in [2.05, 4.69) is 0 Å². The summed E-state index contributed by atoms with van der Waals surface area (Å²) < 4.78 is 8.55. The molecule has 1 rings (SSSR count). The zero-order valence-corrected chi connectivity index (χ0v) is 12.9. The summed E-state index contributed by atoms with van der Waals surface area (Å²) in [6.07, 6.45) is 0. The van der Waals surface area contributed by atoms with Gasteiger partial charge in [-0.2, -0.15) is 7.82 Å². The molecular weight excluding hydrogens is 286 g/mol. The van der Waals surface area contributed by atoms with Gasteiger partial charge in [-0.05, 0) is 17.0 Å². The van der Waals surface area contributed by atoms with Crippen LogP contribution in [0.5, 0.6) is 0 Å². The first-order valence-electron chi connectivity index (χ1n) is 4.99. The smallest absolute Gasteiger partial charge is 0.822 e. The van der Waals surface area contributed by atoms with Crippen LogP contribution >= 0.6 is 7.82 Å². The molecule has 0 atom stereocenters. The number of phosphoric acid groups is 1. The summed E-state index contributed by atoms with van der Waals surface area (Å²) in [4.78, 5) is 36.5. The van der Waals surface area contributed by atoms with Crippen molar-refractivity contribution in [3.63, 3.8) is 0 Å². The van der Waals surface area contributed by atoms with E-state index in [9.17, 15) is 4.79 Å². The molecule has 0 aliphatic heterocycles. The zero-order valence-electron chi connectivity index (χ0n) is 10.8. The van der Waals surface area contributed by atoms with E-state index in [-0.39, 0.29) is 22.8 Å². The number of hydrogen-bond donors (Lipinski definition) is 1. The first-order valence-corrected chi connectivity index (χ1v) is 6.45. The van der Waals surface area contributed by atoms with Crippen LogP contribution in [0.2, 0.25) is 0 Å². The van der Waals surface area contributed by atoms with E-state index >= 15 is 0 Å². The number of carboxylic acid groups (broad SMARTS) is 1. The molecule has 0 aliphatic rings. The van der Waals surface area contributed by atoms with Crippen molar-refractivity contribution in [1.29, 1.82) is 0 Å². The molecule has 0 bridgehead atoms. The molecule has 19 heavy (non-hydrogen) atoms. The summed E-state index contributed by atoms with van der Waals surface area (Å²) in [5.74, 6) is -0.856. The van der Waals surface area contributed by atoms with Crippen LogP contribution < -0.4 is 14.7 Å².